The van der Waals surface area contributed by atoms with Crippen LogP contribution < -0.4 is 5.43 Å². The highest BCUT2D eigenvalue weighted by Crippen LogP contribution is 1.65. The summed E-state index contributed by atoms with van der Waals surface area (Å²) in [5, 5.41) is 3.56. The van der Waals surface area contributed by atoms with Gasteiger partial charge in [-0.3, -0.25) is 4.79 Å². The van der Waals surface area contributed by atoms with Crippen molar-refractivity contribution in [2.24, 2.45) is 5.10 Å². The Morgan fingerprint density at radius 1 is 1.88 bits per heavy atom. The minimum Gasteiger partial charge on any atom is -0.274 e. The fourth-order valence-corrected chi connectivity index (χ4v) is 0.228. The molecule has 46 valence electrons. The number of nitrogens with one attached hydrogen (secondary N) is 1. The molecule has 0 heterocycles. The van der Waals surface area contributed by atoms with Crippen LogP contribution in [0.5, 0.6) is 0 Å². The van der Waals surface area contributed by atoms with Gasteiger partial charge in [0.25, 0.3) is 0 Å². The fourth-order valence-electron chi connectivity index (χ4n) is 0.228. The molecule has 0 aliphatic heterocycles. The highest BCUT2D eigenvalue weighted by molar-refractivity contribution is 5.73. The third-order valence-corrected chi connectivity index (χ3v) is 0.496. The van der Waals surface area contributed by atoms with Gasteiger partial charge in [0.05, 0.1) is 0 Å². The van der Waals surface area contributed by atoms with E-state index >= 15 is 0 Å². The SMILES string of the molecule is CCC=NNC(C)=O. The predicted octanol–water partition coefficient (Wildman–Crippen LogP) is 0.518. The van der Waals surface area contributed by atoms with Gasteiger partial charge in [0.1, 0.15) is 0 Å². The Balaban J connectivity index is 3.16. The molecule has 0 aromatic carbocycles. The highest BCUT2D eigenvalue weighted by atomic mass is 16.2. The number of hydrazone groups is 1. The van der Waals surface area contributed by atoms with Crippen LogP contribution in [0.25, 0.3) is 0 Å². The average molecular weight is 114 g/mol. The number of amides is 1. The van der Waals surface area contributed by atoms with Crippen LogP contribution in [-0.2, 0) is 4.79 Å². The summed E-state index contributed by atoms with van der Waals surface area (Å²) < 4.78 is 0. The van der Waals surface area contributed by atoms with Gasteiger partial charge >= 0.3 is 0 Å². The maximum Gasteiger partial charge on any atom is 0.236 e. The van der Waals surface area contributed by atoms with Crippen molar-refractivity contribution < 1.29 is 4.79 Å². The Kier molecular flexibility index (Phi) is 3.84. The Morgan fingerprint density at radius 2 is 2.50 bits per heavy atom. The van der Waals surface area contributed by atoms with Gasteiger partial charge in [-0.15, -0.1) is 0 Å². The van der Waals surface area contributed by atoms with Crippen molar-refractivity contribution in [3.05, 3.63) is 0 Å². The van der Waals surface area contributed by atoms with Crippen LogP contribution in [0.15, 0.2) is 5.10 Å². The van der Waals surface area contributed by atoms with Crippen molar-refractivity contribution >= 4 is 12.1 Å². The van der Waals surface area contributed by atoms with Gasteiger partial charge in [-0.05, 0) is 6.42 Å². The summed E-state index contributed by atoms with van der Waals surface area (Å²) in [5.41, 5.74) is 2.28. The van der Waals surface area contributed by atoms with E-state index in [1.54, 1.807) is 6.21 Å². The van der Waals surface area contributed by atoms with Crippen molar-refractivity contribution in [1.82, 2.24) is 5.43 Å². The third kappa shape index (κ3) is 5.14. The molecule has 0 spiro atoms. The van der Waals surface area contributed by atoms with E-state index in [2.05, 4.69) is 10.5 Å². The molecule has 0 saturated heterocycles. The molecule has 0 saturated carbocycles. The van der Waals surface area contributed by atoms with E-state index in [4.69, 9.17) is 0 Å². The summed E-state index contributed by atoms with van der Waals surface area (Å²) in [5.74, 6) is -0.130. The fraction of sp³-hybridized carbons (Fsp3) is 0.600. The normalized spacial score (nSPS) is 9.75. The Hall–Kier alpha value is -0.860. The molecule has 1 amide bonds. The molecule has 1 N–H and O–H groups in total. The summed E-state index contributed by atoms with van der Waals surface area (Å²) in [4.78, 5) is 10.1. The molecule has 8 heavy (non-hydrogen) atoms. The van der Waals surface area contributed by atoms with E-state index in [1.165, 1.54) is 6.92 Å². The molecule has 0 aromatic heterocycles. The van der Waals surface area contributed by atoms with Crippen LogP contribution >= 0.6 is 0 Å². The number of hydrogen-bond donors (Lipinski definition) is 1. The lowest BCUT2D eigenvalue weighted by Crippen LogP contribution is -2.11. The molecule has 0 fully saturated rings. The van der Waals surface area contributed by atoms with E-state index < -0.39 is 0 Å². The van der Waals surface area contributed by atoms with Crippen molar-refractivity contribution in [1.29, 1.82) is 0 Å². The minimum absolute atomic E-state index is 0.130. The zero-order valence-electron chi connectivity index (χ0n) is 5.14. The van der Waals surface area contributed by atoms with E-state index in [0.29, 0.717) is 0 Å². The Labute approximate surface area is 48.8 Å². The van der Waals surface area contributed by atoms with Crippen LogP contribution in [0.2, 0.25) is 0 Å². The number of carbonyl (C=O) groups excluding carboxylic acids is 1. The molecule has 0 aromatic rings. The highest BCUT2D eigenvalue weighted by Gasteiger charge is 1.79. The van der Waals surface area contributed by atoms with E-state index in [1.807, 2.05) is 6.92 Å². The lowest BCUT2D eigenvalue weighted by Gasteiger charge is -1.86. The average Bonchev–Trinajstić information content (AvgIpc) is 1.66. The number of hydrogen-bond acceptors (Lipinski definition) is 2. The molecular formula is C5H10N2O. The van der Waals surface area contributed by atoms with Crippen molar-refractivity contribution in [3.63, 3.8) is 0 Å². The quantitative estimate of drug-likeness (QED) is 0.412. The van der Waals surface area contributed by atoms with Gasteiger partial charge in [-0.25, -0.2) is 5.43 Å². The van der Waals surface area contributed by atoms with Crippen molar-refractivity contribution in [2.75, 3.05) is 0 Å². The van der Waals surface area contributed by atoms with Gasteiger partial charge in [0, 0.05) is 13.1 Å². The first kappa shape index (κ1) is 7.14. The van der Waals surface area contributed by atoms with Gasteiger partial charge in [-0.1, -0.05) is 6.92 Å². The van der Waals surface area contributed by atoms with Crippen LogP contribution in [-0.4, -0.2) is 12.1 Å². The van der Waals surface area contributed by atoms with Crippen molar-refractivity contribution in [3.8, 4) is 0 Å². The summed E-state index contributed by atoms with van der Waals surface area (Å²) >= 11 is 0. The zero-order valence-corrected chi connectivity index (χ0v) is 5.14. The number of carbonyl (C=O) groups is 1. The number of nitrogens with zero attached hydrogens (tertiary/aromatic N) is 1. The lowest BCUT2D eigenvalue weighted by molar-refractivity contribution is -0.118. The van der Waals surface area contributed by atoms with Crippen LogP contribution in [0.1, 0.15) is 20.3 Å². The van der Waals surface area contributed by atoms with Gasteiger partial charge in [-0.2, -0.15) is 5.10 Å². The van der Waals surface area contributed by atoms with Crippen LogP contribution in [0, 0.1) is 0 Å². The minimum atomic E-state index is -0.130. The van der Waals surface area contributed by atoms with Crippen molar-refractivity contribution in [2.45, 2.75) is 20.3 Å². The lowest BCUT2D eigenvalue weighted by atomic mass is 10.6. The maximum atomic E-state index is 10.1. The molecule has 0 aliphatic rings. The molecular weight excluding hydrogens is 104 g/mol. The smallest absolute Gasteiger partial charge is 0.236 e. The van der Waals surface area contributed by atoms with Crippen LogP contribution in [0.3, 0.4) is 0 Å². The van der Waals surface area contributed by atoms with Gasteiger partial charge in [0.15, 0.2) is 0 Å². The van der Waals surface area contributed by atoms with Gasteiger partial charge in [0.2, 0.25) is 5.91 Å². The topological polar surface area (TPSA) is 41.5 Å². The second-order valence-electron chi connectivity index (χ2n) is 1.39. The predicted molar refractivity (Wildman–Crippen MR) is 32.6 cm³/mol. The van der Waals surface area contributed by atoms with Gasteiger partial charge < -0.3 is 0 Å². The molecule has 0 rings (SSSR count). The first-order chi connectivity index (χ1) is 3.77. The zero-order chi connectivity index (χ0) is 6.41. The molecule has 0 radical (unpaired) electrons. The van der Waals surface area contributed by atoms with E-state index in [0.717, 1.165) is 6.42 Å². The summed E-state index contributed by atoms with van der Waals surface area (Å²) in [6.07, 6.45) is 2.49. The Morgan fingerprint density at radius 3 is 2.88 bits per heavy atom. The van der Waals surface area contributed by atoms with E-state index in [9.17, 15) is 4.79 Å². The number of rotatable bonds is 2. The molecule has 0 atom stereocenters. The third-order valence-electron chi connectivity index (χ3n) is 0.496. The Bertz CT molecular complexity index is 98.6. The summed E-state index contributed by atoms with van der Waals surface area (Å²) in [6, 6.07) is 0. The molecule has 0 aliphatic carbocycles. The molecule has 0 bridgehead atoms. The molecule has 0 unspecified atom stereocenters. The first-order valence-corrected chi connectivity index (χ1v) is 2.55. The monoisotopic (exact) mass is 114 g/mol. The van der Waals surface area contributed by atoms with E-state index in [-0.39, 0.29) is 5.91 Å². The summed E-state index contributed by atoms with van der Waals surface area (Å²) in [7, 11) is 0. The largest absolute Gasteiger partial charge is 0.274 e. The first-order valence-electron chi connectivity index (χ1n) is 2.55. The maximum absolute atomic E-state index is 10.1. The standard InChI is InChI=1S/C5H10N2O/c1-3-4-6-7-5(2)8/h4H,3H2,1-2H3,(H,7,8). The van der Waals surface area contributed by atoms with Crippen LogP contribution in [0.4, 0.5) is 0 Å². The molecule has 3 nitrogen and oxygen atoms in total. The second-order valence-corrected chi connectivity index (χ2v) is 1.39. The second kappa shape index (κ2) is 4.30. The molecule has 3 heteroatoms. The summed E-state index contributed by atoms with van der Waals surface area (Å²) in [6.45, 7) is 3.37.